The molecule has 0 bridgehead atoms. The van der Waals surface area contributed by atoms with Gasteiger partial charge in [-0.3, -0.25) is 4.79 Å². The molecule has 3 N–H and O–H groups in total. The van der Waals surface area contributed by atoms with Gasteiger partial charge in [0.1, 0.15) is 6.10 Å². The molecule has 5 heteroatoms. The van der Waals surface area contributed by atoms with Crippen molar-refractivity contribution in [3.63, 3.8) is 0 Å². The number of benzene rings is 1. The molecule has 21 heavy (non-hydrogen) atoms. The highest BCUT2D eigenvalue weighted by molar-refractivity contribution is 6.31. The summed E-state index contributed by atoms with van der Waals surface area (Å²) in [6.07, 6.45) is 5.34. The van der Waals surface area contributed by atoms with Crippen LogP contribution in [0, 0.1) is 0 Å². The first-order valence-corrected chi connectivity index (χ1v) is 7.90. The maximum atomic E-state index is 12.0. The van der Waals surface area contributed by atoms with Gasteiger partial charge in [0, 0.05) is 11.6 Å². The lowest BCUT2D eigenvalue weighted by Crippen LogP contribution is -2.28. The molecule has 0 heterocycles. The number of ether oxygens (including phenoxy) is 1. The maximum absolute atomic E-state index is 12.0. The van der Waals surface area contributed by atoms with Crippen molar-refractivity contribution in [1.82, 2.24) is 0 Å². The molecule has 0 aliphatic heterocycles. The molecule has 0 spiro atoms. The molecule has 4 nitrogen and oxygen atoms in total. The summed E-state index contributed by atoms with van der Waals surface area (Å²) in [7, 11) is 0. The van der Waals surface area contributed by atoms with E-state index >= 15 is 0 Å². The number of nitrogen functional groups attached to an aromatic ring is 1. The van der Waals surface area contributed by atoms with Gasteiger partial charge in [-0.05, 0) is 31.5 Å². The third-order valence-electron chi connectivity index (χ3n) is 3.26. The maximum Gasteiger partial charge on any atom is 0.253 e. The molecule has 0 saturated carbocycles. The Morgan fingerprint density at radius 3 is 2.71 bits per heavy atom. The van der Waals surface area contributed by atoms with Crippen LogP contribution in [0.1, 0.15) is 46.0 Å². The molecule has 0 aliphatic rings. The van der Waals surface area contributed by atoms with E-state index in [1.165, 1.54) is 19.3 Å². The third kappa shape index (κ3) is 6.82. The number of amides is 1. The second-order valence-electron chi connectivity index (χ2n) is 5.15. The highest BCUT2D eigenvalue weighted by Crippen LogP contribution is 2.22. The van der Waals surface area contributed by atoms with E-state index in [1.807, 2.05) is 0 Å². The summed E-state index contributed by atoms with van der Waals surface area (Å²) in [5, 5.41) is 3.29. The van der Waals surface area contributed by atoms with Crippen molar-refractivity contribution < 1.29 is 9.53 Å². The normalized spacial score (nSPS) is 12.1. The summed E-state index contributed by atoms with van der Waals surface area (Å²) in [5.41, 5.74) is 6.80. The molecule has 0 saturated heterocycles. The topological polar surface area (TPSA) is 64.3 Å². The second kappa shape index (κ2) is 9.64. The van der Waals surface area contributed by atoms with E-state index < -0.39 is 6.10 Å². The highest BCUT2D eigenvalue weighted by Gasteiger charge is 2.14. The van der Waals surface area contributed by atoms with Crippen molar-refractivity contribution in [2.75, 3.05) is 17.7 Å². The smallest absolute Gasteiger partial charge is 0.253 e. The lowest BCUT2D eigenvalue weighted by atomic mass is 10.2. The fourth-order valence-corrected chi connectivity index (χ4v) is 2.10. The van der Waals surface area contributed by atoms with E-state index in [-0.39, 0.29) is 5.91 Å². The van der Waals surface area contributed by atoms with Gasteiger partial charge in [-0.1, -0.05) is 44.2 Å². The molecule has 1 atom stereocenters. The number of hydrogen-bond donors (Lipinski definition) is 2. The van der Waals surface area contributed by atoms with Crippen molar-refractivity contribution in [1.29, 1.82) is 0 Å². The van der Waals surface area contributed by atoms with Gasteiger partial charge in [0.15, 0.2) is 0 Å². The number of halogens is 1. The zero-order valence-corrected chi connectivity index (χ0v) is 13.6. The van der Waals surface area contributed by atoms with Crippen LogP contribution in [0.3, 0.4) is 0 Å². The number of hydrogen-bond acceptors (Lipinski definition) is 3. The van der Waals surface area contributed by atoms with Crippen molar-refractivity contribution in [2.24, 2.45) is 0 Å². The average Bonchev–Trinajstić information content (AvgIpc) is 2.45. The quantitative estimate of drug-likeness (QED) is 0.529. The standard InChI is InChI=1S/C16H25ClN2O2/c1-3-4-5-6-7-10-21-12(2)16(20)19-15-9-8-13(17)11-14(15)18/h8-9,11-12H,3-7,10,18H2,1-2H3,(H,19,20). The van der Waals surface area contributed by atoms with Gasteiger partial charge in [0.05, 0.1) is 11.4 Å². The molecular weight excluding hydrogens is 288 g/mol. The number of nitrogens with two attached hydrogens (primary N) is 1. The van der Waals surface area contributed by atoms with Gasteiger partial charge in [0.25, 0.3) is 5.91 Å². The van der Waals surface area contributed by atoms with Crippen LogP contribution in [0.4, 0.5) is 11.4 Å². The summed E-state index contributed by atoms with van der Waals surface area (Å²) in [6.45, 7) is 4.53. The first-order chi connectivity index (χ1) is 10.0. The van der Waals surface area contributed by atoms with Gasteiger partial charge in [-0.15, -0.1) is 0 Å². The van der Waals surface area contributed by atoms with Crippen molar-refractivity contribution in [3.05, 3.63) is 23.2 Å². The Morgan fingerprint density at radius 1 is 1.33 bits per heavy atom. The van der Waals surface area contributed by atoms with Crippen molar-refractivity contribution in [2.45, 2.75) is 52.1 Å². The molecule has 1 unspecified atom stereocenters. The lowest BCUT2D eigenvalue weighted by molar-refractivity contribution is -0.126. The van der Waals surface area contributed by atoms with E-state index in [4.69, 9.17) is 22.1 Å². The molecule has 0 fully saturated rings. The van der Waals surface area contributed by atoms with Crippen LogP contribution in [-0.2, 0) is 9.53 Å². The molecule has 0 radical (unpaired) electrons. The van der Waals surface area contributed by atoms with E-state index in [2.05, 4.69) is 12.2 Å². The van der Waals surface area contributed by atoms with Crippen LogP contribution in [-0.4, -0.2) is 18.6 Å². The fraction of sp³-hybridized carbons (Fsp3) is 0.562. The number of rotatable bonds is 9. The summed E-state index contributed by atoms with van der Waals surface area (Å²) in [5.74, 6) is -0.197. The second-order valence-corrected chi connectivity index (χ2v) is 5.58. The highest BCUT2D eigenvalue weighted by atomic mass is 35.5. The minimum Gasteiger partial charge on any atom is -0.397 e. The monoisotopic (exact) mass is 312 g/mol. The van der Waals surface area contributed by atoms with Crippen molar-refractivity contribution in [3.8, 4) is 0 Å². The number of unbranched alkanes of at least 4 members (excludes halogenated alkanes) is 4. The number of carbonyl (C=O) groups excluding carboxylic acids is 1. The predicted octanol–water partition coefficient (Wildman–Crippen LogP) is 4.24. The Labute approximate surface area is 132 Å². The first-order valence-electron chi connectivity index (χ1n) is 7.52. The molecule has 0 aliphatic carbocycles. The van der Waals surface area contributed by atoms with Crippen LogP contribution in [0.5, 0.6) is 0 Å². The van der Waals surface area contributed by atoms with E-state index in [0.29, 0.717) is 23.0 Å². The lowest BCUT2D eigenvalue weighted by Gasteiger charge is -2.14. The Hall–Kier alpha value is -1.26. The van der Waals surface area contributed by atoms with Crippen LogP contribution >= 0.6 is 11.6 Å². The molecule has 1 rings (SSSR count). The van der Waals surface area contributed by atoms with Gasteiger partial charge < -0.3 is 15.8 Å². The van der Waals surface area contributed by atoms with E-state index in [9.17, 15) is 4.79 Å². The minimum absolute atomic E-state index is 0.197. The van der Waals surface area contributed by atoms with Gasteiger partial charge in [0.2, 0.25) is 0 Å². The molecule has 118 valence electrons. The summed E-state index contributed by atoms with van der Waals surface area (Å²) < 4.78 is 5.54. The number of anilines is 2. The zero-order chi connectivity index (χ0) is 15.7. The van der Waals surface area contributed by atoms with Crippen LogP contribution < -0.4 is 11.1 Å². The Morgan fingerprint density at radius 2 is 2.05 bits per heavy atom. The largest absolute Gasteiger partial charge is 0.397 e. The third-order valence-corrected chi connectivity index (χ3v) is 3.49. The van der Waals surface area contributed by atoms with E-state index in [0.717, 1.165) is 12.8 Å². The molecule has 1 aromatic carbocycles. The summed E-state index contributed by atoms with van der Waals surface area (Å²) >= 11 is 5.82. The Bertz CT molecular complexity index is 452. The first kappa shape index (κ1) is 17.8. The molecule has 0 aromatic heterocycles. The van der Waals surface area contributed by atoms with Crippen LogP contribution in [0.25, 0.3) is 0 Å². The summed E-state index contributed by atoms with van der Waals surface area (Å²) in [6, 6.07) is 4.98. The van der Waals surface area contributed by atoms with Gasteiger partial charge >= 0.3 is 0 Å². The molecule has 1 amide bonds. The fourth-order valence-electron chi connectivity index (χ4n) is 1.92. The minimum atomic E-state index is -0.494. The molecular formula is C16H25ClN2O2. The Kier molecular flexibility index (Phi) is 8.16. The van der Waals surface area contributed by atoms with Crippen LogP contribution in [0.15, 0.2) is 18.2 Å². The SMILES string of the molecule is CCCCCCCOC(C)C(=O)Nc1ccc(Cl)cc1N. The van der Waals surface area contributed by atoms with Crippen molar-refractivity contribution >= 4 is 28.9 Å². The van der Waals surface area contributed by atoms with E-state index in [1.54, 1.807) is 25.1 Å². The van der Waals surface area contributed by atoms with Gasteiger partial charge in [-0.25, -0.2) is 0 Å². The molecule has 1 aromatic rings. The van der Waals surface area contributed by atoms with Gasteiger partial charge in [-0.2, -0.15) is 0 Å². The zero-order valence-electron chi connectivity index (χ0n) is 12.8. The predicted molar refractivity (Wildman–Crippen MR) is 88.7 cm³/mol. The number of carbonyl (C=O) groups is 1. The Balaban J connectivity index is 2.30. The number of nitrogens with one attached hydrogen (secondary N) is 1. The summed E-state index contributed by atoms with van der Waals surface area (Å²) in [4.78, 5) is 12.0. The average molecular weight is 313 g/mol. The van der Waals surface area contributed by atoms with Crippen LogP contribution in [0.2, 0.25) is 5.02 Å².